The number of ketones is 1. The molecule has 7 nitrogen and oxygen atoms in total. The third-order valence-corrected chi connectivity index (χ3v) is 4.21. The number of nitrogens with one attached hydrogen (secondary N) is 1. The third kappa shape index (κ3) is 4.40. The summed E-state index contributed by atoms with van der Waals surface area (Å²) in [7, 11) is 3.85. The zero-order valence-electron chi connectivity index (χ0n) is 14.9. The van der Waals surface area contributed by atoms with Crippen molar-refractivity contribution in [2.75, 3.05) is 25.5 Å². The van der Waals surface area contributed by atoms with E-state index in [9.17, 15) is 14.9 Å². The lowest BCUT2D eigenvalue weighted by atomic mass is 10.0. The van der Waals surface area contributed by atoms with E-state index in [-0.39, 0.29) is 17.0 Å². The number of anilines is 1. The van der Waals surface area contributed by atoms with Gasteiger partial charge in [0, 0.05) is 56.2 Å². The average Bonchev–Trinajstić information content (AvgIpc) is 2.62. The van der Waals surface area contributed by atoms with E-state index in [4.69, 9.17) is 12.2 Å². The molecular formula is C18H21N4O3S+. The Labute approximate surface area is 157 Å². The van der Waals surface area contributed by atoms with E-state index in [1.807, 2.05) is 38.1 Å². The molecular weight excluding hydrogens is 352 g/mol. The zero-order valence-corrected chi connectivity index (χ0v) is 15.7. The molecule has 0 saturated carbocycles. The summed E-state index contributed by atoms with van der Waals surface area (Å²) in [6.07, 6.45) is 3.55. The fourth-order valence-corrected chi connectivity index (χ4v) is 2.86. The van der Waals surface area contributed by atoms with E-state index in [0.29, 0.717) is 11.5 Å². The van der Waals surface area contributed by atoms with Crippen molar-refractivity contribution in [3.05, 3.63) is 64.5 Å². The number of rotatable bonds is 7. The first kappa shape index (κ1) is 19.5. The van der Waals surface area contributed by atoms with Gasteiger partial charge in [-0.25, -0.2) is 0 Å². The Kier molecular flexibility index (Phi) is 6.35. The molecule has 136 valence electrons. The third-order valence-electron chi connectivity index (χ3n) is 3.84. The Morgan fingerprint density at radius 1 is 1.31 bits per heavy atom. The minimum atomic E-state index is -0.775. The van der Waals surface area contributed by atoms with E-state index in [1.54, 1.807) is 23.0 Å². The number of nitro groups is 1. The van der Waals surface area contributed by atoms with Crippen LogP contribution in [0.3, 0.4) is 0 Å². The topological polar surface area (TPSA) is 79.4 Å². The predicted octanol–water partition coefficient (Wildman–Crippen LogP) is 2.31. The first-order chi connectivity index (χ1) is 12.3. The van der Waals surface area contributed by atoms with Crippen molar-refractivity contribution >= 4 is 34.4 Å². The Bertz CT molecular complexity index is 821. The molecule has 26 heavy (non-hydrogen) atoms. The second-order valence-corrected chi connectivity index (χ2v) is 6.31. The van der Waals surface area contributed by atoms with Gasteiger partial charge in [0.25, 0.3) is 11.7 Å². The van der Waals surface area contributed by atoms with E-state index in [2.05, 4.69) is 5.32 Å². The molecule has 1 N–H and O–H groups in total. The van der Waals surface area contributed by atoms with Crippen LogP contribution in [0.25, 0.3) is 0 Å². The maximum absolute atomic E-state index is 13.1. The number of carbonyl (C=O) groups excluding carboxylic acids is 1. The van der Waals surface area contributed by atoms with Crippen molar-refractivity contribution in [1.29, 1.82) is 0 Å². The Morgan fingerprint density at radius 2 is 1.96 bits per heavy atom. The normalized spacial score (nSPS) is 11.5. The number of non-ortho nitro benzene ring substituents is 1. The highest BCUT2D eigenvalue weighted by Gasteiger charge is 2.33. The van der Waals surface area contributed by atoms with Gasteiger partial charge in [-0.15, -0.1) is 0 Å². The van der Waals surface area contributed by atoms with Crippen LogP contribution in [0.2, 0.25) is 0 Å². The molecule has 0 bridgehead atoms. The number of nitrogens with zero attached hydrogens (tertiary/aromatic N) is 3. The van der Waals surface area contributed by atoms with Gasteiger partial charge < -0.3 is 10.2 Å². The van der Waals surface area contributed by atoms with Crippen molar-refractivity contribution < 1.29 is 14.3 Å². The number of hydrogen-bond donors (Lipinski definition) is 1. The van der Waals surface area contributed by atoms with Gasteiger partial charge in [0.05, 0.1) is 4.92 Å². The van der Waals surface area contributed by atoms with Crippen molar-refractivity contribution in [3.63, 3.8) is 0 Å². The largest absolute Gasteiger partial charge is 0.377 e. The van der Waals surface area contributed by atoms with E-state index in [0.717, 1.165) is 5.69 Å². The van der Waals surface area contributed by atoms with Crippen LogP contribution in [0.15, 0.2) is 48.8 Å². The van der Waals surface area contributed by atoms with Crippen LogP contribution in [0.5, 0.6) is 0 Å². The summed E-state index contributed by atoms with van der Waals surface area (Å²) in [5.41, 5.74) is 1.10. The Morgan fingerprint density at radius 3 is 2.50 bits per heavy atom. The van der Waals surface area contributed by atoms with Crippen LogP contribution in [-0.2, 0) is 0 Å². The summed E-state index contributed by atoms with van der Waals surface area (Å²) in [5, 5.41) is 14.0. The number of likely N-dealkylation sites (N-methyl/N-ethyl adjacent to an activating group) is 1. The molecule has 0 aliphatic carbocycles. The number of benzene rings is 1. The second-order valence-electron chi connectivity index (χ2n) is 5.87. The predicted molar refractivity (Wildman–Crippen MR) is 104 cm³/mol. The molecule has 0 amide bonds. The molecule has 1 heterocycles. The van der Waals surface area contributed by atoms with Gasteiger partial charge in [-0.2, -0.15) is 4.57 Å². The molecule has 2 aromatic rings. The summed E-state index contributed by atoms with van der Waals surface area (Å²) in [6, 6.07) is 8.67. The first-order valence-electron chi connectivity index (χ1n) is 8.09. The summed E-state index contributed by atoms with van der Waals surface area (Å²) in [4.78, 5) is 25.9. The van der Waals surface area contributed by atoms with Crippen molar-refractivity contribution in [3.8, 4) is 0 Å². The van der Waals surface area contributed by atoms with Gasteiger partial charge in [0.1, 0.15) is 0 Å². The van der Waals surface area contributed by atoms with Crippen LogP contribution in [0.4, 0.5) is 11.4 Å². The average molecular weight is 373 g/mol. The quantitative estimate of drug-likeness (QED) is 0.264. The molecule has 1 atom stereocenters. The monoisotopic (exact) mass is 373 g/mol. The van der Waals surface area contributed by atoms with Crippen LogP contribution in [0, 0.1) is 10.1 Å². The minimum absolute atomic E-state index is 0.128. The van der Waals surface area contributed by atoms with Crippen LogP contribution in [0.1, 0.15) is 23.3 Å². The molecule has 1 aromatic heterocycles. The SMILES string of the molecule is CCNC(=S)C(C(=O)c1cccc([N+](=O)[O-])c1)[n+]1ccc(N(C)C)cc1. The van der Waals surface area contributed by atoms with Gasteiger partial charge in [-0.1, -0.05) is 24.4 Å². The highest BCUT2D eigenvalue weighted by atomic mass is 32.1. The number of aromatic nitrogens is 1. The maximum atomic E-state index is 13.1. The van der Waals surface area contributed by atoms with Crippen molar-refractivity contribution in [2.45, 2.75) is 13.0 Å². The number of carbonyl (C=O) groups is 1. The van der Waals surface area contributed by atoms with Gasteiger partial charge in [-0.05, 0) is 6.92 Å². The van der Waals surface area contributed by atoms with Gasteiger partial charge in [0.2, 0.25) is 5.78 Å². The summed E-state index contributed by atoms with van der Waals surface area (Å²) < 4.78 is 1.71. The molecule has 0 radical (unpaired) electrons. The lowest BCUT2D eigenvalue weighted by Gasteiger charge is -2.15. The molecule has 0 spiro atoms. The number of Topliss-reactive ketones (excluding diaryl/α,β-unsaturated/α-hetero) is 1. The number of pyridine rings is 1. The minimum Gasteiger partial charge on any atom is -0.377 e. The number of hydrogen-bond acceptors (Lipinski definition) is 5. The molecule has 0 saturated heterocycles. The molecule has 0 fully saturated rings. The summed E-state index contributed by atoms with van der Waals surface area (Å²) in [6.45, 7) is 2.47. The maximum Gasteiger partial charge on any atom is 0.270 e. The van der Waals surface area contributed by atoms with Gasteiger partial charge in [-0.3, -0.25) is 14.9 Å². The number of thiocarbonyl (C=S) groups is 1. The highest BCUT2D eigenvalue weighted by molar-refractivity contribution is 7.80. The zero-order chi connectivity index (χ0) is 19.3. The smallest absolute Gasteiger partial charge is 0.270 e. The fourth-order valence-electron chi connectivity index (χ4n) is 2.49. The molecule has 0 aliphatic rings. The van der Waals surface area contributed by atoms with Crippen molar-refractivity contribution in [1.82, 2.24) is 5.32 Å². The van der Waals surface area contributed by atoms with Gasteiger partial charge >= 0.3 is 0 Å². The molecule has 0 aliphatic heterocycles. The molecule has 1 aromatic carbocycles. The first-order valence-corrected chi connectivity index (χ1v) is 8.50. The summed E-state index contributed by atoms with van der Waals surface area (Å²) >= 11 is 5.40. The lowest BCUT2D eigenvalue weighted by molar-refractivity contribution is -0.692. The summed E-state index contributed by atoms with van der Waals surface area (Å²) in [5.74, 6) is -0.303. The Balaban J connectivity index is 2.44. The molecule has 2 rings (SSSR count). The van der Waals surface area contributed by atoms with E-state index >= 15 is 0 Å². The lowest BCUT2D eigenvalue weighted by Crippen LogP contribution is -2.51. The molecule has 1 unspecified atom stereocenters. The van der Waals surface area contributed by atoms with Crippen molar-refractivity contribution in [2.24, 2.45) is 0 Å². The standard InChI is InChI=1S/C18H20N4O3S/c1-4-19-18(26)16(21-10-8-14(9-11-21)20(2)3)17(23)13-6-5-7-15(12-13)22(24)25/h5-12,16H,4H2,1-3H3/p+1. The van der Waals surface area contributed by atoms with Crippen LogP contribution < -0.4 is 14.8 Å². The molecule has 8 heteroatoms. The van der Waals surface area contributed by atoms with Crippen LogP contribution in [-0.4, -0.2) is 36.3 Å². The van der Waals surface area contributed by atoms with E-state index < -0.39 is 11.0 Å². The fraction of sp³-hybridized carbons (Fsp3) is 0.278. The van der Waals surface area contributed by atoms with Gasteiger partial charge in [0.15, 0.2) is 17.4 Å². The van der Waals surface area contributed by atoms with E-state index in [1.165, 1.54) is 18.2 Å². The Hall–Kier alpha value is -2.87. The second kappa shape index (κ2) is 8.48. The van der Waals surface area contributed by atoms with Crippen LogP contribution >= 0.6 is 12.2 Å². The highest BCUT2D eigenvalue weighted by Crippen LogP contribution is 2.18. The number of nitro benzene ring substituents is 1.